The van der Waals surface area contributed by atoms with Gasteiger partial charge in [0.15, 0.2) is 0 Å². The summed E-state index contributed by atoms with van der Waals surface area (Å²) in [6.45, 7) is 5.69. The zero-order valence-electron chi connectivity index (χ0n) is 9.21. The van der Waals surface area contributed by atoms with Crippen LogP contribution in [0.2, 0.25) is 0 Å². The molecule has 4 heteroatoms. The van der Waals surface area contributed by atoms with Crippen LogP contribution in [-0.2, 0) is 6.54 Å². The summed E-state index contributed by atoms with van der Waals surface area (Å²) in [6, 6.07) is 0.524. The van der Waals surface area contributed by atoms with Crippen LogP contribution in [-0.4, -0.2) is 45.3 Å². The van der Waals surface area contributed by atoms with Crippen molar-refractivity contribution in [1.29, 1.82) is 0 Å². The number of aliphatic hydroxyl groups is 1. The van der Waals surface area contributed by atoms with Crippen molar-refractivity contribution in [3.8, 4) is 0 Å². The van der Waals surface area contributed by atoms with Crippen molar-refractivity contribution in [1.82, 2.24) is 14.5 Å². The van der Waals surface area contributed by atoms with Gasteiger partial charge in [-0.05, 0) is 25.8 Å². The van der Waals surface area contributed by atoms with E-state index < -0.39 is 0 Å². The van der Waals surface area contributed by atoms with E-state index in [-0.39, 0.29) is 0 Å². The summed E-state index contributed by atoms with van der Waals surface area (Å²) in [5.41, 5.74) is 0. The summed E-state index contributed by atoms with van der Waals surface area (Å²) < 4.78 is 2.11. The lowest BCUT2D eigenvalue weighted by atomic mass is 10.1. The number of imidazole rings is 1. The van der Waals surface area contributed by atoms with Gasteiger partial charge in [-0.3, -0.25) is 4.90 Å². The molecular weight excluding hydrogens is 190 g/mol. The Morgan fingerprint density at radius 1 is 1.60 bits per heavy atom. The van der Waals surface area contributed by atoms with Crippen molar-refractivity contribution >= 4 is 0 Å². The molecule has 0 bridgehead atoms. The molecule has 2 rings (SSSR count). The second kappa shape index (κ2) is 4.77. The molecule has 0 saturated carbocycles. The van der Waals surface area contributed by atoms with Gasteiger partial charge in [-0.2, -0.15) is 0 Å². The van der Waals surface area contributed by atoms with Crippen LogP contribution in [0.4, 0.5) is 0 Å². The Kier molecular flexibility index (Phi) is 3.38. The van der Waals surface area contributed by atoms with Crippen LogP contribution < -0.4 is 0 Å². The topological polar surface area (TPSA) is 41.3 Å². The number of aromatic nitrogens is 2. The van der Waals surface area contributed by atoms with Crippen molar-refractivity contribution in [2.45, 2.75) is 25.9 Å². The standard InChI is InChI=1S/C11H19N3O/c1-10(6-13-5-3-12-9-13)14-4-2-11(7-14)8-15/h3,5,9-11,15H,2,4,6-8H2,1H3. The number of hydrogen-bond donors (Lipinski definition) is 1. The van der Waals surface area contributed by atoms with E-state index in [2.05, 4.69) is 21.4 Å². The first-order valence-electron chi connectivity index (χ1n) is 5.60. The van der Waals surface area contributed by atoms with Crippen LogP contribution in [0.25, 0.3) is 0 Å². The molecule has 84 valence electrons. The SMILES string of the molecule is CC(Cn1ccnc1)N1CCC(CO)C1. The average Bonchev–Trinajstić information content (AvgIpc) is 2.86. The van der Waals surface area contributed by atoms with E-state index in [1.54, 1.807) is 0 Å². The van der Waals surface area contributed by atoms with Crippen LogP contribution in [0.1, 0.15) is 13.3 Å². The Hall–Kier alpha value is -0.870. The van der Waals surface area contributed by atoms with Crippen molar-refractivity contribution in [3.05, 3.63) is 18.7 Å². The molecule has 2 atom stereocenters. The third-order valence-electron chi connectivity index (χ3n) is 3.23. The van der Waals surface area contributed by atoms with Gasteiger partial charge < -0.3 is 9.67 Å². The molecule has 0 aliphatic carbocycles. The number of nitrogens with zero attached hydrogens (tertiary/aromatic N) is 3. The maximum Gasteiger partial charge on any atom is 0.0946 e. The van der Waals surface area contributed by atoms with E-state index in [0.717, 1.165) is 26.1 Å². The Morgan fingerprint density at radius 2 is 2.47 bits per heavy atom. The van der Waals surface area contributed by atoms with E-state index in [4.69, 9.17) is 5.11 Å². The predicted octanol–water partition coefficient (Wildman–Crippen LogP) is 0.586. The van der Waals surface area contributed by atoms with E-state index in [9.17, 15) is 0 Å². The molecule has 1 aromatic rings. The smallest absolute Gasteiger partial charge is 0.0946 e. The van der Waals surface area contributed by atoms with Crippen molar-refractivity contribution in [2.75, 3.05) is 19.7 Å². The van der Waals surface area contributed by atoms with Gasteiger partial charge in [0.2, 0.25) is 0 Å². The lowest BCUT2D eigenvalue weighted by molar-refractivity contribution is 0.195. The molecule has 15 heavy (non-hydrogen) atoms. The van der Waals surface area contributed by atoms with Gasteiger partial charge in [-0.15, -0.1) is 0 Å². The molecule has 1 aliphatic rings. The van der Waals surface area contributed by atoms with Gasteiger partial charge in [0.1, 0.15) is 0 Å². The molecular formula is C11H19N3O. The first kappa shape index (κ1) is 10.6. The van der Waals surface area contributed by atoms with Crippen molar-refractivity contribution < 1.29 is 5.11 Å². The van der Waals surface area contributed by atoms with Gasteiger partial charge in [0.25, 0.3) is 0 Å². The molecule has 2 unspecified atom stereocenters. The minimum absolute atomic E-state index is 0.328. The number of aliphatic hydroxyl groups excluding tert-OH is 1. The molecule has 4 nitrogen and oxygen atoms in total. The van der Waals surface area contributed by atoms with E-state index in [0.29, 0.717) is 18.6 Å². The summed E-state index contributed by atoms with van der Waals surface area (Å²) in [6.07, 6.45) is 6.80. The van der Waals surface area contributed by atoms with E-state index >= 15 is 0 Å². The maximum atomic E-state index is 9.08. The van der Waals surface area contributed by atoms with Gasteiger partial charge in [-0.25, -0.2) is 4.98 Å². The second-order valence-electron chi connectivity index (χ2n) is 4.44. The normalized spacial score (nSPS) is 24.5. The lowest BCUT2D eigenvalue weighted by Gasteiger charge is -2.24. The van der Waals surface area contributed by atoms with Crippen LogP contribution in [0, 0.1) is 5.92 Å². The molecule has 1 aromatic heterocycles. The van der Waals surface area contributed by atoms with E-state index in [1.807, 2.05) is 18.7 Å². The summed E-state index contributed by atoms with van der Waals surface area (Å²) in [5.74, 6) is 0.482. The minimum Gasteiger partial charge on any atom is -0.396 e. The predicted molar refractivity (Wildman–Crippen MR) is 58.5 cm³/mol. The Bertz CT molecular complexity index is 286. The van der Waals surface area contributed by atoms with Gasteiger partial charge in [0.05, 0.1) is 6.33 Å². The lowest BCUT2D eigenvalue weighted by Crippen LogP contribution is -2.34. The zero-order valence-corrected chi connectivity index (χ0v) is 9.21. The summed E-state index contributed by atoms with van der Waals surface area (Å²) in [5, 5.41) is 9.08. The molecule has 2 heterocycles. The van der Waals surface area contributed by atoms with Crippen molar-refractivity contribution in [3.63, 3.8) is 0 Å². The highest BCUT2D eigenvalue weighted by Gasteiger charge is 2.25. The summed E-state index contributed by atoms with van der Waals surface area (Å²) in [7, 11) is 0. The van der Waals surface area contributed by atoms with Crippen LogP contribution >= 0.6 is 0 Å². The molecule has 1 fully saturated rings. The maximum absolute atomic E-state index is 9.08. The van der Waals surface area contributed by atoms with E-state index in [1.165, 1.54) is 0 Å². The van der Waals surface area contributed by atoms with Gasteiger partial charge >= 0.3 is 0 Å². The fraction of sp³-hybridized carbons (Fsp3) is 0.727. The summed E-state index contributed by atoms with van der Waals surface area (Å²) >= 11 is 0. The molecule has 0 aromatic carbocycles. The minimum atomic E-state index is 0.328. The number of likely N-dealkylation sites (tertiary alicyclic amines) is 1. The highest BCUT2D eigenvalue weighted by atomic mass is 16.3. The third-order valence-corrected chi connectivity index (χ3v) is 3.23. The molecule has 1 N–H and O–H groups in total. The second-order valence-corrected chi connectivity index (χ2v) is 4.44. The van der Waals surface area contributed by atoms with Crippen LogP contribution in [0.15, 0.2) is 18.7 Å². The van der Waals surface area contributed by atoms with Crippen LogP contribution in [0.3, 0.4) is 0 Å². The first-order valence-corrected chi connectivity index (χ1v) is 5.60. The zero-order chi connectivity index (χ0) is 10.7. The molecule has 1 saturated heterocycles. The highest BCUT2D eigenvalue weighted by Crippen LogP contribution is 2.18. The van der Waals surface area contributed by atoms with Crippen molar-refractivity contribution in [2.24, 2.45) is 5.92 Å². The Morgan fingerprint density at radius 3 is 3.07 bits per heavy atom. The monoisotopic (exact) mass is 209 g/mol. The molecule has 0 amide bonds. The quantitative estimate of drug-likeness (QED) is 0.789. The third kappa shape index (κ3) is 2.58. The molecule has 0 spiro atoms. The van der Waals surface area contributed by atoms with Crippen LogP contribution in [0.5, 0.6) is 0 Å². The first-order chi connectivity index (χ1) is 7.29. The summed E-state index contributed by atoms with van der Waals surface area (Å²) in [4.78, 5) is 6.48. The average molecular weight is 209 g/mol. The number of hydrogen-bond acceptors (Lipinski definition) is 3. The fourth-order valence-electron chi connectivity index (χ4n) is 2.23. The van der Waals surface area contributed by atoms with Gasteiger partial charge in [-0.1, -0.05) is 0 Å². The Labute approximate surface area is 90.5 Å². The molecule has 0 radical (unpaired) electrons. The molecule has 1 aliphatic heterocycles. The number of rotatable bonds is 4. The highest BCUT2D eigenvalue weighted by molar-refractivity contribution is 4.82. The fourth-order valence-corrected chi connectivity index (χ4v) is 2.23. The van der Waals surface area contributed by atoms with Gasteiger partial charge in [0, 0.05) is 38.1 Å². The largest absolute Gasteiger partial charge is 0.396 e. The Balaban J connectivity index is 1.84.